The summed E-state index contributed by atoms with van der Waals surface area (Å²) in [5.74, 6) is 1.93. The van der Waals surface area contributed by atoms with Gasteiger partial charge in [-0.1, -0.05) is 18.2 Å². The van der Waals surface area contributed by atoms with Crippen molar-refractivity contribution in [2.75, 3.05) is 6.61 Å². The Morgan fingerprint density at radius 3 is 2.78 bits per heavy atom. The van der Waals surface area contributed by atoms with Crippen molar-refractivity contribution in [1.82, 2.24) is 9.55 Å². The Morgan fingerprint density at radius 2 is 2.00 bits per heavy atom. The fraction of sp³-hybridized carbons (Fsp3) is 0.111. The molecule has 0 amide bonds. The molecule has 1 aromatic heterocycles. The van der Waals surface area contributed by atoms with Crippen LogP contribution in [0.2, 0.25) is 0 Å². The third-order valence-electron chi connectivity index (χ3n) is 3.78. The Bertz CT molecular complexity index is 829. The molecule has 0 saturated heterocycles. The van der Waals surface area contributed by atoms with Crippen LogP contribution in [-0.4, -0.2) is 21.9 Å². The maximum Gasteiger partial charge on any atom is 0.192 e. The summed E-state index contributed by atoms with van der Waals surface area (Å²) in [7, 11) is 0. The van der Waals surface area contributed by atoms with Gasteiger partial charge < -0.3 is 14.0 Å². The fourth-order valence-electron chi connectivity index (χ4n) is 2.61. The molecule has 0 N–H and O–H groups in total. The molecular weight excluding hydrogens is 292 g/mol. The van der Waals surface area contributed by atoms with Crippen LogP contribution in [0.5, 0.6) is 17.2 Å². The summed E-state index contributed by atoms with van der Waals surface area (Å²) >= 11 is 0. The SMILES string of the molecule is O=C1c2cc(Oc3ccccc3)ccc2OCC1n1ccnc1. The van der Waals surface area contributed by atoms with Crippen molar-refractivity contribution in [3.8, 4) is 17.2 Å². The summed E-state index contributed by atoms with van der Waals surface area (Å²) in [6.45, 7) is 0.307. The molecule has 1 atom stereocenters. The van der Waals surface area contributed by atoms with E-state index >= 15 is 0 Å². The molecule has 2 aromatic carbocycles. The summed E-state index contributed by atoms with van der Waals surface area (Å²) in [6, 6.07) is 14.4. The van der Waals surface area contributed by atoms with Gasteiger partial charge >= 0.3 is 0 Å². The van der Waals surface area contributed by atoms with Crippen LogP contribution in [0.4, 0.5) is 0 Å². The lowest BCUT2D eigenvalue weighted by molar-refractivity contribution is 0.0840. The predicted molar refractivity (Wildman–Crippen MR) is 84.0 cm³/mol. The zero-order valence-corrected chi connectivity index (χ0v) is 12.3. The molecule has 0 aliphatic carbocycles. The molecule has 23 heavy (non-hydrogen) atoms. The van der Waals surface area contributed by atoms with Crippen LogP contribution >= 0.6 is 0 Å². The van der Waals surface area contributed by atoms with Gasteiger partial charge in [-0.05, 0) is 30.3 Å². The number of Topliss-reactive ketones (excluding diaryl/α,β-unsaturated/α-hetero) is 1. The van der Waals surface area contributed by atoms with E-state index in [0.717, 1.165) is 5.75 Å². The molecule has 0 radical (unpaired) electrons. The number of carbonyl (C=O) groups excluding carboxylic acids is 1. The topological polar surface area (TPSA) is 53.4 Å². The maximum absolute atomic E-state index is 12.7. The van der Waals surface area contributed by atoms with Gasteiger partial charge in [-0.15, -0.1) is 0 Å². The number of hydrogen-bond acceptors (Lipinski definition) is 4. The fourth-order valence-corrected chi connectivity index (χ4v) is 2.61. The van der Waals surface area contributed by atoms with Crippen LogP contribution in [0, 0.1) is 0 Å². The number of imidazole rings is 1. The van der Waals surface area contributed by atoms with Gasteiger partial charge in [0.1, 0.15) is 29.9 Å². The zero-order chi connectivity index (χ0) is 15.6. The first-order valence-corrected chi connectivity index (χ1v) is 7.33. The zero-order valence-electron chi connectivity index (χ0n) is 12.3. The van der Waals surface area contributed by atoms with E-state index in [0.29, 0.717) is 23.7 Å². The van der Waals surface area contributed by atoms with Gasteiger partial charge in [0.2, 0.25) is 0 Å². The van der Waals surface area contributed by atoms with Gasteiger partial charge in [0.15, 0.2) is 5.78 Å². The molecule has 1 aliphatic heterocycles. The summed E-state index contributed by atoms with van der Waals surface area (Å²) in [6.07, 6.45) is 5.04. The highest BCUT2D eigenvalue weighted by atomic mass is 16.5. The van der Waals surface area contributed by atoms with Crippen molar-refractivity contribution in [1.29, 1.82) is 0 Å². The first-order chi connectivity index (χ1) is 11.3. The van der Waals surface area contributed by atoms with E-state index in [4.69, 9.17) is 9.47 Å². The molecular formula is C18H14N2O3. The second-order valence-corrected chi connectivity index (χ2v) is 5.27. The lowest BCUT2D eigenvalue weighted by Gasteiger charge is -2.25. The number of carbonyl (C=O) groups is 1. The third-order valence-corrected chi connectivity index (χ3v) is 3.78. The number of hydrogen-bond donors (Lipinski definition) is 0. The number of nitrogens with zero attached hydrogens (tertiary/aromatic N) is 2. The first kappa shape index (κ1) is 13.6. The molecule has 0 bridgehead atoms. The van der Waals surface area contributed by atoms with Gasteiger partial charge in [0.05, 0.1) is 11.9 Å². The molecule has 1 unspecified atom stereocenters. The van der Waals surface area contributed by atoms with Crippen LogP contribution in [0.25, 0.3) is 0 Å². The van der Waals surface area contributed by atoms with Gasteiger partial charge in [-0.2, -0.15) is 0 Å². The average molecular weight is 306 g/mol. The lowest BCUT2D eigenvalue weighted by Crippen LogP contribution is -2.29. The lowest BCUT2D eigenvalue weighted by atomic mass is 10.0. The highest BCUT2D eigenvalue weighted by Crippen LogP contribution is 2.33. The molecule has 3 aromatic rings. The van der Waals surface area contributed by atoms with Crippen LogP contribution < -0.4 is 9.47 Å². The van der Waals surface area contributed by atoms with Crippen LogP contribution in [0.3, 0.4) is 0 Å². The predicted octanol–water partition coefficient (Wildman–Crippen LogP) is 3.49. The maximum atomic E-state index is 12.7. The van der Waals surface area contributed by atoms with Crippen molar-refractivity contribution in [3.63, 3.8) is 0 Å². The molecule has 0 saturated carbocycles. The normalized spacial score (nSPS) is 16.5. The number of fused-ring (bicyclic) bond motifs is 1. The second kappa shape index (κ2) is 5.61. The highest BCUT2D eigenvalue weighted by Gasteiger charge is 2.30. The minimum atomic E-state index is -0.392. The number of ether oxygens (including phenoxy) is 2. The van der Waals surface area contributed by atoms with Crippen LogP contribution in [-0.2, 0) is 0 Å². The minimum Gasteiger partial charge on any atom is -0.490 e. The number of rotatable bonds is 3. The average Bonchev–Trinajstić information content (AvgIpc) is 3.11. The molecule has 2 heterocycles. The smallest absolute Gasteiger partial charge is 0.192 e. The van der Waals surface area contributed by atoms with Crippen molar-refractivity contribution in [2.45, 2.75) is 6.04 Å². The van der Waals surface area contributed by atoms with Gasteiger partial charge in [-0.25, -0.2) is 4.98 Å². The number of benzene rings is 2. The van der Waals surface area contributed by atoms with Gasteiger partial charge in [0, 0.05) is 12.4 Å². The summed E-state index contributed by atoms with van der Waals surface area (Å²) in [5.41, 5.74) is 0.531. The Hall–Kier alpha value is -3.08. The standard InChI is InChI=1S/C18H14N2O3/c21-18-15-10-14(23-13-4-2-1-3-5-13)6-7-17(15)22-11-16(18)20-9-8-19-12-20/h1-10,12,16H,11H2. The Balaban J connectivity index is 1.64. The number of aromatic nitrogens is 2. The number of ketones is 1. The van der Waals surface area contributed by atoms with E-state index in [1.807, 2.05) is 30.3 Å². The van der Waals surface area contributed by atoms with Crippen molar-refractivity contribution in [2.24, 2.45) is 0 Å². The van der Waals surface area contributed by atoms with E-state index in [-0.39, 0.29) is 5.78 Å². The van der Waals surface area contributed by atoms with Crippen LogP contribution in [0.1, 0.15) is 16.4 Å². The molecule has 5 nitrogen and oxygen atoms in total. The second-order valence-electron chi connectivity index (χ2n) is 5.27. The van der Waals surface area contributed by atoms with E-state index in [2.05, 4.69) is 4.98 Å². The number of para-hydroxylation sites is 1. The van der Waals surface area contributed by atoms with E-state index in [1.54, 1.807) is 41.5 Å². The van der Waals surface area contributed by atoms with Gasteiger partial charge in [-0.3, -0.25) is 4.79 Å². The Kier molecular flexibility index (Phi) is 3.31. The monoisotopic (exact) mass is 306 g/mol. The Morgan fingerprint density at radius 1 is 1.13 bits per heavy atom. The molecule has 0 spiro atoms. The molecule has 5 heteroatoms. The highest BCUT2D eigenvalue weighted by molar-refractivity contribution is 6.02. The van der Waals surface area contributed by atoms with Crippen LogP contribution in [0.15, 0.2) is 67.3 Å². The summed E-state index contributed by atoms with van der Waals surface area (Å²) in [4.78, 5) is 16.7. The van der Waals surface area contributed by atoms with Crippen molar-refractivity contribution < 1.29 is 14.3 Å². The van der Waals surface area contributed by atoms with E-state index in [9.17, 15) is 4.79 Å². The van der Waals surface area contributed by atoms with Crippen molar-refractivity contribution in [3.05, 3.63) is 72.8 Å². The summed E-state index contributed by atoms with van der Waals surface area (Å²) in [5, 5.41) is 0. The molecule has 0 fully saturated rings. The van der Waals surface area contributed by atoms with Crippen molar-refractivity contribution >= 4 is 5.78 Å². The summed E-state index contributed by atoms with van der Waals surface area (Å²) < 4.78 is 13.3. The molecule has 1 aliphatic rings. The Labute approximate surface area is 133 Å². The molecule has 114 valence electrons. The van der Waals surface area contributed by atoms with E-state index in [1.165, 1.54) is 0 Å². The largest absolute Gasteiger partial charge is 0.490 e. The van der Waals surface area contributed by atoms with Gasteiger partial charge in [0.25, 0.3) is 0 Å². The minimum absolute atomic E-state index is 0.00256. The molecule has 4 rings (SSSR count). The third kappa shape index (κ3) is 2.57. The van der Waals surface area contributed by atoms with E-state index < -0.39 is 6.04 Å². The quantitative estimate of drug-likeness (QED) is 0.743. The first-order valence-electron chi connectivity index (χ1n) is 7.33.